The van der Waals surface area contributed by atoms with Gasteiger partial charge in [0, 0.05) is 36.3 Å². The molecule has 158 valence electrons. The molecule has 0 unspecified atom stereocenters. The number of nitrogens with zero attached hydrogens (tertiary/aromatic N) is 4. The molecule has 1 saturated heterocycles. The molecule has 5 nitrogen and oxygen atoms in total. The largest absolute Gasteiger partial charge is 0.481 e. The molecule has 2 aromatic heterocycles. The number of aromatic nitrogens is 2. The van der Waals surface area contributed by atoms with Crippen molar-refractivity contribution in [3.05, 3.63) is 54.1 Å². The van der Waals surface area contributed by atoms with Crippen LogP contribution in [0.4, 0.5) is 23.2 Å². The molecule has 0 spiro atoms. The van der Waals surface area contributed by atoms with Gasteiger partial charge in [-0.3, -0.25) is 0 Å². The van der Waals surface area contributed by atoms with E-state index in [2.05, 4.69) is 9.98 Å². The van der Waals surface area contributed by atoms with E-state index in [1.807, 2.05) is 11.2 Å². The first kappa shape index (κ1) is 20.5. The van der Waals surface area contributed by atoms with E-state index in [0.29, 0.717) is 30.2 Å². The van der Waals surface area contributed by atoms with Gasteiger partial charge in [-0.05, 0) is 30.5 Å². The number of alkyl halides is 3. The number of hydrogen-bond donors (Lipinski definition) is 0. The summed E-state index contributed by atoms with van der Waals surface area (Å²) in [6.07, 6.45) is 0.0119. The van der Waals surface area contributed by atoms with Gasteiger partial charge >= 0.3 is 6.18 Å². The number of pyridine rings is 1. The number of likely N-dealkylation sites (tertiary alicyclic amines) is 1. The van der Waals surface area contributed by atoms with Crippen molar-refractivity contribution in [1.82, 2.24) is 14.5 Å². The predicted octanol–water partition coefficient (Wildman–Crippen LogP) is 5.11. The molecule has 3 heterocycles. The highest BCUT2D eigenvalue weighted by atomic mass is 32.2. The van der Waals surface area contributed by atoms with E-state index in [4.69, 9.17) is 4.74 Å². The molecule has 1 aromatic carbocycles. The van der Waals surface area contributed by atoms with Crippen molar-refractivity contribution in [3.63, 3.8) is 0 Å². The summed E-state index contributed by atoms with van der Waals surface area (Å²) >= 11 is 1.45. The molecule has 1 aliphatic heterocycles. The maximum Gasteiger partial charge on any atom is 0.418 e. The molecule has 0 N–H and O–H groups in total. The third kappa shape index (κ3) is 3.83. The van der Waals surface area contributed by atoms with Crippen LogP contribution in [0.15, 0.2) is 47.7 Å². The van der Waals surface area contributed by atoms with E-state index in [0.717, 1.165) is 17.4 Å². The quantitative estimate of drug-likeness (QED) is 0.324. The van der Waals surface area contributed by atoms with Gasteiger partial charge in [-0.25, -0.2) is 14.4 Å². The number of benzene rings is 1. The molecule has 1 aliphatic rings. The maximum atomic E-state index is 13.6. The molecule has 3 aromatic rings. The van der Waals surface area contributed by atoms with E-state index in [1.54, 1.807) is 22.9 Å². The van der Waals surface area contributed by atoms with Gasteiger partial charge in [-0.2, -0.15) is 13.2 Å². The molecule has 1 fully saturated rings. The summed E-state index contributed by atoms with van der Waals surface area (Å²) in [5, 5.41) is 0.626. The minimum atomic E-state index is -4.55. The lowest BCUT2D eigenvalue weighted by Gasteiger charge is -2.41. The summed E-state index contributed by atoms with van der Waals surface area (Å²) in [6.45, 7) is 1.00. The fourth-order valence-electron chi connectivity index (χ4n) is 3.46. The van der Waals surface area contributed by atoms with Crippen molar-refractivity contribution in [2.75, 3.05) is 26.5 Å². The second-order valence-corrected chi connectivity index (χ2v) is 7.60. The van der Waals surface area contributed by atoms with Crippen LogP contribution in [0.1, 0.15) is 11.6 Å². The predicted molar refractivity (Wildman–Crippen MR) is 109 cm³/mol. The normalized spacial score (nSPS) is 15.5. The van der Waals surface area contributed by atoms with Gasteiger partial charge in [0.25, 0.3) is 0 Å². The molecule has 10 heteroatoms. The van der Waals surface area contributed by atoms with Crippen LogP contribution in [0.3, 0.4) is 0 Å². The zero-order chi connectivity index (χ0) is 21.5. The number of hydrogen-bond acceptors (Lipinski definition) is 4. The van der Waals surface area contributed by atoms with E-state index in [-0.39, 0.29) is 11.4 Å². The Morgan fingerprint density at radius 3 is 2.60 bits per heavy atom. The standard InChI is InChI=1S/C20H18F4N4OS/c1-29-18-6-4-13(8-25-18)26-19(30-2)27-9-14(10-27)28-11-16(20(22,23)24)15-7-12(21)3-5-17(15)28/h3-8,11,14H,9-10H2,1-2H3/b26-19+. The Balaban J connectivity index is 1.57. The number of halogens is 4. The fraction of sp³-hybridized carbons (Fsp3) is 0.300. The number of thioether (sulfide) groups is 1. The topological polar surface area (TPSA) is 42.6 Å². The van der Waals surface area contributed by atoms with Crippen LogP contribution in [-0.2, 0) is 6.18 Å². The van der Waals surface area contributed by atoms with E-state index in [1.165, 1.54) is 31.0 Å². The van der Waals surface area contributed by atoms with Crippen LogP contribution < -0.4 is 4.74 Å². The number of amidine groups is 1. The summed E-state index contributed by atoms with van der Waals surface area (Å²) in [5.74, 6) is -0.203. The van der Waals surface area contributed by atoms with Gasteiger partial charge in [-0.1, -0.05) is 11.8 Å². The Morgan fingerprint density at radius 1 is 1.23 bits per heavy atom. The number of rotatable bonds is 3. The molecular weight excluding hydrogens is 420 g/mol. The number of ether oxygens (including phenoxy) is 1. The SMILES string of the molecule is COc1ccc(/N=C(/SC)N2CC(n3cc(C(F)(F)F)c4cc(F)ccc43)C2)cn1. The van der Waals surface area contributed by atoms with Gasteiger partial charge in [0.2, 0.25) is 5.88 Å². The zero-order valence-corrected chi connectivity index (χ0v) is 17.0. The second kappa shape index (κ2) is 7.82. The number of methoxy groups -OCH3 is 1. The molecule has 0 amide bonds. The van der Waals surface area contributed by atoms with Gasteiger partial charge in [0.1, 0.15) is 5.82 Å². The molecule has 0 atom stereocenters. The average Bonchev–Trinajstić information content (AvgIpc) is 3.05. The van der Waals surface area contributed by atoms with E-state index in [9.17, 15) is 17.6 Å². The average molecular weight is 438 g/mol. The van der Waals surface area contributed by atoms with Crippen molar-refractivity contribution in [2.24, 2.45) is 4.99 Å². The Morgan fingerprint density at radius 2 is 2.00 bits per heavy atom. The Kier molecular flexibility index (Phi) is 5.35. The third-order valence-electron chi connectivity index (χ3n) is 4.96. The summed E-state index contributed by atoms with van der Waals surface area (Å²) in [6, 6.07) is 6.84. The molecule has 30 heavy (non-hydrogen) atoms. The van der Waals surface area contributed by atoms with Crippen molar-refractivity contribution >= 4 is 33.5 Å². The van der Waals surface area contributed by atoms with Gasteiger partial charge < -0.3 is 14.2 Å². The fourth-order valence-corrected chi connectivity index (χ4v) is 4.06. The Hall–Kier alpha value is -2.75. The van der Waals surface area contributed by atoms with Crippen LogP contribution in [0, 0.1) is 5.82 Å². The summed E-state index contributed by atoms with van der Waals surface area (Å²) in [5.41, 5.74) is 0.207. The highest BCUT2D eigenvalue weighted by molar-refractivity contribution is 8.13. The zero-order valence-electron chi connectivity index (χ0n) is 16.2. The van der Waals surface area contributed by atoms with Crippen molar-refractivity contribution < 1.29 is 22.3 Å². The van der Waals surface area contributed by atoms with Gasteiger partial charge in [0.15, 0.2) is 5.17 Å². The summed E-state index contributed by atoms with van der Waals surface area (Å²) in [4.78, 5) is 10.7. The smallest absolute Gasteiger partial charge is 0.418 e. The van der Waals surface area contributed by atoms with Gasteiger partial charge in [0.05, 0.1) is 30.6 Å². The minimum Gasteiger partial charge on any atom is -0.481 e. The molecular formula is C20H18F4N4OS. The van der Waals surface area contributed by atoms with Crippen LogP contribution in [0.25, 0.3) is 10.9 Å². The van der Waals surface area contributed by atoms with Crippen LogP contribution in [0.2, 0.25) is 0 Å². The minimum absolute atomic E-state index is 0.121. The lowest BCUT2D eigenvalue weighted by molar-refractivity contribution is -0.136. The molecule has 0 radical (unpaired) electrons. The van der Waals surface area contributed by atoms with Crippen molar-refractivity contribution in [2.45, 2.75) is 12.2 Å². The Labute approximate surface area is 174 Å². The van der Waals surface area contributed by atoms with Crippen LogP contribution in [-0.4, -0.2) is 46.1 Å². The maximum absolute atomic E-state index is 13.6. The summed E-state index contributed by atoms with van der Waals surface area (Å²) in [7, 11) is 1.53. The third-order valence-corrected chi connectivity index (χ3v) is 5.68. The Bertz CT molecular complexity index is 1090. The molecule has 0 bridgehead atoms. The highest BCUT2D eigenvalue weighted by Gasteiger charge is 2.38. The molecule has 4 rings (SSSR count). The van der Waals surface area contributed by atoms with E-state index >= 15 is 0 Å². The van der Waals surface area contributed by atoms with Crippen LogP contribution >= 0.6 is 11.8 Å². The monoisotopic (exact) mass is 438 g/mol. The highest BCUT2D eigenvalue weighted by Crippen LogP contribution is 2.39. The van der Waals surface area contributed by atoms with Gasteiger partial charge in [-0.15, -0.1) is 0 Å². The lowest BCUT2D eigenvalue weighted by atomic mass is 10.1. The van der Waals surface area contributed by atoms with E-state index < -0.39 is 17.6 Å². The molecule has 0 aliphatic carbocycles. The number of aliphatic imine (C=N–C) groups is 1. The summed E-state index contributed by atoms with van der Waals surface area (Å²) < 4.78 is 60.4. The van der Waals surface area contributed by atoms with Crippen molar-refractivity contribution in [3.8, 4) is 5.88 Å². The molecule has 0 saturated carbocycles. The first-order chi connectivity index (χ1) is 14.3. The number of fused-ring (bicyclic) bond motifs is 1. The van der Waals surface area contributed by atoms with Crippen molar-refractivity contribution in [1.29, 1.82) is 0 Å². The van der Waals surface area contributed by atoms with Crippen LogP contribution in [0.5, 0.6) is 5.88 Å². The first-order valence-corrected chi connectivity index (χ1v) is 10.3. The lowest BCUT2D eigenvalue weighted by Crippen LogP contribution is -2.49. The first-order valence-electron chi connectivity index (χ1n) is 9.05. The second-order valence-electron chi connectivity index (χ2n) is 6.83.